The molecule has 0 aliphatic carbocycles. The molecule has 0 aromatic rings. The standard InChI is InChI=1S/C57H105NO10/c1-3-5-7-9-11-13-15-17-19-21-23-24-25-26-27-29-30-32-34-36-38-40-42-44-49(60)52(62)48(47-67-57-55(65)54(64)53(63)51(46-59)68-57)58-56(66)50(61)45-43-41-39-37-35-33-31-28-22-20-18-16-14-12-10-8-6-4-2/h22,24-25,28-30,36,38,48-55,57,59-65H,3-21,23,26-27,31-35,37,39-47H2,1-2H3,(H,58,66)/b25-24+,28-22-,30-29+,38-36+. The highest BCUT2D eigenvalue weighted by Gasteiger charge is 2.44. The summed E-state index contributed by atoms with van der Waals surface area (Å²) in [6.07, 6.45) is 45.9. The number of amides is 1. The summed E-state index contributed by atoms with van der Waals surface area (Å²) >= 11 is 0. The van der Waals surface area contributed by atoms with Crippen molar-refractivity contribution in [2.45, 2.75) is 294 Å². The van der Waals surface area contributed by atoms with Gasteiger partial charge in [-0.1, -0.05) is 197 Å². The minimum Gasteiger partial charge on any atom is -0.394 e. The SMILES string of the molecule is CCCCCCCCCC/C=C\CCCCCCCCC(O)C(=O)NC(COC1OC(CO)C(O)C(O)C1O)C(O)C(O)CCC/C=C/CC/C=C/CC/C=C/CCCCCCCCCCCC. The van der Waals surface area contributed by atoms with Crippen LogP contribution in [-0.4, -0.2) is 110 Å². The third-order valence-corrected chi connectivity index (χ3v) is 13.3. The van der Waals surface area contributed by atoms with Crippen molar-refractivity contribution in [1.29, 1.82) is 0 Å². The molecule has 0 aromatic heterocycles. The van der Waals surface area contributed by atoms with E-state index in [9.17, 15) is 40.5 Å². The molecular formula is C57H105NO10. The zero-order chi connectivity index (χ0) is 49.7. The molecule has 1 aliphatic rings. The molecule has 0 radical (unpaired) electrons. The molecule has 9 atom stereocenters. The minimum absolute atomic E-state index is 0.239. The van der Waals surface area contributed by atoms with E-state index < -0.39 is 74.2 Å². The smallest absolute Gasteiger partial charge is 0.249 e. The fourth-order valence-electron chi connectivity index (χ4n) is 8.70. The Balaban J connectivity index is 2.39. The number of rotatable bonds is 47. The molecule has 11 nitrogen and oxygen atoms in total. The van der Waals surface area contributed by atoms with Gasteiger partial charge in [0.05, 0.1) is 25.4 Å². The molecule has 398 valence electrons. The van der Waals surface area contributed by atoms with Crippen LogP contribution in [0.1, 0.15) is 239 Å². The van der Waals surface area contributed by atoms with Crippen molar-refractivity contribution in [2.75, 3.05) is 13.2 Å². The summed E-state index contributed by atoms with van der Waals surface area (Å²) in [4.78, 5) is 13.2. The van der Waals surface area contributed by atoms with E-state index in [-0.39, 0.29) is 12.8 Å². The van der Waals surface area contributed by atoms with Crippen LogP contribution in [0.4, 0.5) is 0 Å². The summed E-state index contributed by atoms with van der Waals surface area (Å²) in [5.74, 6) is -0.717. The fraction of sp³-hybridized carbons (Fsp3) is 0.842. The van der Waals surface area contributed by atoms with Gasteiger partial charge in [-0.3, -0.25) is 4.79 Å². The van der Waals surface area contributed by atoms with Gasteiger partial charge in [0, 0.05) is 0 Å². The van der Waals surface area contributed by atoms with Crippen LogP contribution in [0, 0.1) is 0 Å². The maximum atomic E-state index is 13.2. The molecule has 1 heterocycles. The predicted molar refractivity (Wildman–Crippen MR) is 279 cm³/mol. The Morgan fingerprint density at radius 1 is 0.500 bits per heavy atom. The normalized spacial score (nSPS) is 20.9. The molecule has 1 fully saturated rings. The van der Waals surface area contributed by atoms with Crippen molar-refractivity contribution in [3.63, 3.8) is 0 Å². The second kappa shape index (κ2) is 46.2. The number of unbranched alkanes of at least 4 members (excludes halogenated alkanes) is 27. The van der Waals surface area contributed by atoms with Crippen LogP contribution in [0.5, 0.6) is 0 Å². The van der Waals surface area contributed by atoms with Crippen LogP contribution in [0.25, 0.3) is 0 Å². The average molecular weight is 964 g/mol. The summed E-state index contributed by atoms with van der Waals surface area (Å²) in [5, 5.41) is 76.0. The Morgan fingerprint density at radius 3 is 1.31 bits per heavy atom. The highest BCUT2D eigenvalue weighted by atomic mass is 16.7. The van der Waals surface area contributed by atoms with E-state index in [1.165, 1.54) is 128 Å². The lowest BCUT2D eigenvalue weighted by Crippen LogP contribution is -2.60. The molecule has 0 saturated carbocycles. The summed E-state index contributed by atoms with van der Waals surface area (Å²) in [6.45, 7) is 3.44. The van der Waals surface area contributed by atoms with Gasteiger partial charge in [0.25, 0.3) is 0 Å². The molecule has 11 heteroatoms. The van der Waals surface area contributed by atoms with Gasteiger partial charge in [-0.25, -0.2) is 0 Å². The first-order valence-electron chi connectivity index (χ1n) is 28.0. The molecule has 1 saturated heterocycles. The second-order valence-corrected chi connectivity index (χ2v) is 19.6. The number of allylic oxidation sites excluding steroid dienone is 8. The van der Waals surface area contributed by atoms with E-state index in [0.717, 1.165) is 64.2 Å². The predicted octanol–water partition coefficient (Wildman–Crippen LogP) is 11.3. The lowest BCUT2D eigenvalue weighted by atomic mass is 9.98. The molecule has 9 unspecified atom stereocenters. The van der Waals surface area contributed by atoms with Gasteiger partial charge in [0.15, 0.2) is 6.29 Å². The monoisotopic (exact) mass is 964 g/mol. The average Bonchev–Trinajstić information content (AvgIpc) is 3.34. The number of aliphatic hydroxyl groups is 7. The van der Waals surface area contributed by atoms with Gasteiger partial charge in [0.2, 0.25) is 5.91 Å². The topological polar surface area (TPSA) is 189 Å². The molecule has 0 aromatic carbocycles. The van der Waals surface area contributed by atoms with Crippen LogP contribution in [0.15, 0.2) is 48.6 Å². The number of carbonyl (C=O) groups excluding carboxylic acids is 1. The van der Waals surface area contributed by atoms with E-state index in [1.54, 1.807) is 0 Å². The van der Waals surface area contributed by atoms with Gasteiger partial charge < -0.3 is 50.5 Å². The van der Waals surface area contributed by atoms with Crippen molar-refractivity contribution in [3.8, 4) is 0 Å². The summed E-state index contributed by atoms with van der Waals surface area (Å²) in [5.41, 5.74) is 0. The molecule has 1 rings (SSSR count). The van der Waals surface area contributed by atoms with E-state index in [0.29, 0.717) is 19.3 Å². The van der Waals surface area contributed by atoms with Crippen LogP contribution >= 0.6 is 0 Å². The van der Waals surface area contributed by atoms with Gasteiger partial charge in [-0.15, -0.1) is 0 Å². The van der Waals surface area contributed by atoms with Gasteiger partial charge in [-0.05, 0) is 89.9 Å². The zero-order valence-electron chi connectivity index (χ0n) is 43.3. The highest BCUT2D eigenvalue weighted by Crippen LogP contribution is 2.23. The Morgan fingerprint density at radius 2 is 0.882 bits per heavy atom. The highest BCUT2D eigenvalue weighted by molar-refractivity contribution is 5.80. The van der Waals surface area contributed by atoms with Crippen LogP contribution in [0.3, 0.4) is 0 Å². The third-order valence-electron chi connectivity index (χ3n) is 13.3. The summed E-state index contributed by atoms with van der Waals surface area (Å²) < 4.78 is 11.1. The van der Waals surface area contributed by atoms with Crippen molar-refractivity contribution in [2.24, 2.45) is 0 Å². The number of hydrogen-bond donors (Lipinski definition) is 8. The Hall–Kier alpha value is -1.93. The first kappa shape index (κ1) is 64.1. The number of hydrogen-bond acceptors (Lipinski definition) is 10. The number of aliphatic hydroxyl groups excluding tert-OH is 7. The van der Waals surface area contributed by atoms with Crippen LogP contribution in [0.2, 0.25) is 0 Å². The van der Waals surface area contributed by atoms with E-state index in [1.807, 2.05) is 0 Å². The summed E-state index contributed by atoms with van der Waals surface area (Å²) in [7, 11) is 0. The first-order chi connectivity index (χ1) is 33.2. The molecule has 1 aliphatic heterocycles. The summed E-state index contributed by atoms with van der Waals surface area (Å²) in [6, 6.07) is -1.20. The first-order valence-corrected chi connectivity index (χ1v) is 28.0. The Bertz CT molecular complexity index is 1240. The minimum atomic E-state index is -1.67. The van der Waals surface area contributed by atoms with Gasteiger partial charge >= 0.3 is 0 Å². The molecule has 8 N–H and O–H groups in total. The molecule has 68 heavy (non-hydrogen) atoms. The van der Waals surface area contributed by atoms with Crippen molar-refractivity contribution in [1.82, 2.24) is 5.32 Å². The van der Waals surface area contributed by atoms with E-state index in [4.69, 9.17) is 9.47 Å². The van der Waals surface area contributed by atoms with Crippen molar-refractivity contribution >= 4 is 5.91 Å². The van der Waals surface area contributed by atoms with Gasteiger partial charge in [0.1, 0.15) is 36.6 Å². The number of carbonyl (C=O) groups is 1. The molecule has 0 bridgehead atoms. The molecular weight excluding hydrogens is 859 g/mol. The van der Waals surface area contributed by atoms with E-state index in [2.05, 4.69) is 67.8 Å². The fourth-order valence-corrected chi connectivity index (χ4v) is 8.70. The molecule has 1 amide bonds. The zero-order valence-corrected chi connectivity index (χ0v) is 43.3. The second-order valence-electron chi connectivity index (χ2n) is 19.6. The Labute approximate surface area is 415 Å². The van der Waals surface area contributed by atoms with Crippen LogP contribution in [-0.2, 0) is 14.3 Å². The maximum absolute atomic E-state index is 13.2. The van der Waals surface area contributed by atoms with E-state index >= 15 is 0 Å². The van der Waals surface area contributed by atoms with Crippen molar-refractivity contribution in [3.05, 3.63) is 48.6 Å². The van der Waals surface area contributed by atoms with Gasteiger partial charge in [-0.2, -0.15) is 0 Å². The number of ether oxygens (including phenoxy) is 2. The maximum Gasteiger partial charge on any atom is 0.249 e. The Kier molecular flexibility index (Phi) is 43.5. The third kappa shape index (κ3) is 34.4. The largest absolute Gasteiger partial charge is 0.394 e. The van der Waals surface area contributed by atoms with Crippen molar-refractivity contribution < 1.29 is 50.0 Å². The number of nitrogens with one attached hydrogen (secondary N) is 1. The quantitative estimate of drug-likeness (QED) is 0.0215. The van der Waals surface area contributed by atoms with Crippen LogP contribution < -0.4 is 5.32 Å². The molecule has 0 spiro atoms. The lowest BCUT2D eigenvalue weighted by Gasteiger charge is -2.40. The lowest BCUT2D eigenvalue weighted by molar-refractivity contribution is -0.303.